The summed E-state index contributed by atoms with van der Waals surface area (Å²) in [6, 6.07) is 88.4. The number of nitrogens with zero attached hydrogens (tertiary/aromatic N) is 9. The second-order valence-electron chi connectivity index (χ2n) is 25.0. The van der Waals surface area contributed by atoms with Gasteiger partial charge in [-0.15, -0.1) is 0 Å². The van der Waals surface area contributed by atoms with Crippen LogP contribution in [0.4, 0.5) is 45.5 Å². The Bertz CT molecular complexity index is 5890. The molecule has 0 unspecified atom stereocenters. The summed E-state index contributed by atoms with van der Waals surface area (Å²) in [5.41, 5.74) is 22.1. The SMILES string of the molecule is Cc1ccc2c(c1)CN(c1cccc3c1oc1c(N4C=CC=NC4)cc4c(-c5ccccc5)c(N(c5ccc(-c6ccccc6)cc5)c5ccc(-c6ccccc6)c6ccccc56)c5cc(N6C=NC=NC6)c6c7cccc(N8C=NC=CC8)c7oc6c5c4c13)c1ccccc1-2. The van der Waals surface area contributed by atoms with E-state index in [1.54, 1.807) is 6.34 Å². The third-order valence-electron chi connectivity index (χ3n) is 19.5. The minimum absolute atomic E-state index is 0.336. The van der Waals surface area contributed by atoms with Crippen molar-refractivity contribution >= 4 is 147 Å². The fourth-order valence-electron chi connectivity index (χ4n) is 15.3. The summed E-state index contributed by atoms with van der Waals surface area (Å²) >= 11 is 0. The molecule has 4 aliphatic rings. The van der Waals surface area contributed by atoms with Gasteiger partial charge in [0.2, 0.25) is 0 Å². The molecule has 0 N–H and O–H groups in total. The zero-order valence-corrected chi connectivity index (χ0v) is 52.4. The molecule has 0 saturated heterocycles. The molecule has 96 heavy (non-hydrogen) atoms. The minimum Gasteiger partial charge on any atom is -0.453 e. The van der Waals surface area contributed by atoms with Crippen LogP contribution in [0.25, 0.3) is 121 Å². The van der Waals surface area contributed by atoms with E-state index in [0.29, 0.717) is 32.0 Å². The summed E-state index contributed by atoms with van der Waals surface area (Å²) in [5.74, 6) is 0. The Labute approximate surface area is 553 Å². The van der Waals surface area contributed by atoms with Gasteiger partial charge < -0.3 is 33.3 Å². The molecule has 11 heteroatoms. The van der Waals surface area contributed by atoms with Crippen molar-refractivity contribution in [2.24, 2.45) is 20.0 Å². The molecular weight excluding hydrogens is 1180 g/mol. The average molecular weight is 1240 g/mol. The lowest BCUT2D eigenvalue weighted by Crippen LogP contribution is -2.24. The highest BCUT2D eigenvalue weighted by Crippen LogP contribution is 2.59. The van der Waals surface area contributed by atoms with Gasteiger partial charge in [-0.1, -0.05) is 200 Å². The lowest BCUT2D eigenvalue weighted by molar-refractivity contribution is 0.666. The zero-order valence-electron chi connectivity index (χ0n) is 52.4. The molecule has 11 nitrogen and oxygen atoms in total. The van der Waals surface area contributed by atoms with Crippen molar-refractivity contribution in [2.45, 2.75) is 13.5 Å². The fraction of sp³-hybridized carbons (Fsp3) is 0.0588. The first kappa shape index (κ1) is 55.1. The van der Waals surface area contributed by atoms with Crippen LogP contribution in [0.15, 0.2) is 296 Å². The summed E-state index contributed by atoms with van der Waals surface area (Å²) in [4.78, 5) is 30.7. The van der Waals surface area contributed by atoms with Crippen LogP contribution in [0.1, 0.15) is 11.1 Å². The molecule has 0 spiro atoms. The number of rotatable bonds is 10. The van der Waals surface area contributed by atoms with E-state index in [0.717, 1.165) is 149 Å². The normalized spacial score (nSPS) is 14.2. The van der Waals surface area contributed by atoms with Crippen LogP contribution in [0, 0.1) is 6.92 Å². The lowest BCUT2D eigenvalue weighted by Gasteiger charge is -2.33. The van der Waals surface area contributed by atoms with E-state index in [4.69, 9.17) is 23.8 Å². The van der Waals surface area contributed by atoms with Gasteiger partial charge >= 0.3 is 0 Å². The van der Waals surface area contributed by atoms with Crippen LogP contribution in [-0.4, -0.2) is 45.1 Å². The third kappa shape index (κ3) is 8.74. The second-order valence-corrected chi connectivity index (χ2v) is 25.0. The first-order valence-electron chi connectivity index (χ1n) is 32.6. The van der Waals surface area contributed by atoms with Gasteiger partial charge in [-0.05, 0) is 117 Å². The Morgan fingerprint density at radius 2 is 1.06 bits per heavy atom. The summed E-state index contributed by atoms with van der Waals surface area (Å²) in [6.45, 7) is 4.17. The molecule has 6 heterocycles. The maximum absolute atomic E-state index is 7.93. The maximum Gasteiger partial charge on any atom is 0.159 e. The number of benzene rings is 13. The maximum atomic E-state index is 7.93. The van der Waals surface area contributed by atoms with Crippen LogP contribution in [-0.2, 0) is 6.54 Å². The number of aliphatic imine (C=N–C) groups is 4. The lowest BCUT2D eigenvalue weighted by atomic mass is 9.86. The van der Waals surface area contributed by atoms with E-state index in [-0.39, 0.29) is 0 Å². The van der Waals surface area contributed by atoms with Gasteiger partial charge in [0.25, 0.3) is 0 Å². The van der Waals surface area contributed by atoms with E-state index in [2.05, 4.69) is 291 Å². The molecule has 13 aromatic carbocycles. The number of hydrogen-bond donors (Lipinski definition) is 0. The Morgan fingerprint density at radius 3 is 1.83 bits per heavy atom. The first-order valence-corrected chi connectivity index (χ1v) is 32.6. The van der Waals surface area contributed by atoms with Gasteiger partial charge in [0.15, 0.2) is 16.7 Å². The number of furan rings is 2. The first-order chi connectivity index (χ1) is 47.6. The smallest absolute Gasteiger partial charge is 0.159 e. The van der Waals surface area contributed by atoms with Crippen molar-refractivity contribution < 1.29 is 8.83 Å². The predicted octanol–water partition coefficient (Wildman–Crippen LogP) is 21.6. The van der Waals surface area contributed by atoms with E-state index in [1.807, 2.05) is 31.2 Å². The molecule has 0 saturated carbocycles. The molecule has 456 valence electrons. The summed E-state index contributed by atoms with van der Waals surface area (Å²) < 4.78 is 15.8. The molecule has 0 amide bonds. The van der Waals surface area contributed by atoms with Gasteiger partial charge in [-0.2, -0.15) is 0 Å². The topological polar surface area (TPSA) is 91.9 Å². The third-order valence-corrected chi connectivity index (χ3v) is 19.5. The quantitative estimate of drug-likeness (QED) is 0.126. The molecule has 2 aromatic heterocycles. The number of fused-ring (bicyclic) bond motifs is 15. The average Bonchev–Trinajstić information content (AvgIpc) is 1.36. The molecule has 4 aliphatic heterocycles. The summed E-state index contributed by atoms with van der Waals surface area (Å²) in [7, 11) is 0. The molecule has 0 atom stereocenters. The number of aryl methyl sites for hydroxylation is 1. The number of para-hydroxylation sites is 3. The number of anilines is 8. The highest BCUT2D eigenvalue weighted by Gasteiger charge is 2.35. The number of hydrogen-bond acceptors (Lipinski definition) is 11. The summed E-state index contributed by atoms with van der Waals surface area (Å²) in [6.07, 6.45) is 15.4. The molecular formula is C85H59N9O2. The second kappa shape index (κ2) is 22.3. The van der Waals surface area contributed by atoms with Crippen molar-refractivity contribution in [3.63, 3.8) is 0 Å². The standard InChI is InChI=1S/C85H59N9O2/c1-54-33-38-62-59(45-54)48-93(70-30-14-13-26-64(62)70)73-32-16-29-67-79-78-68(46-75(84(79)95-83(67)73)91-44-18-42-87-51-91)76(58-23-9-4-10-24-58)81(69-47-74(92-52-88-49-89-53-92)77-66-28-15-31-72(90-43-17-41-86-50-90)82(66)96-85(77)80(69)78)94(60-36-34-56(35-37-60)55-19-5-2-6-20-55)71-40-39-61(57-21-7-3-8-22-57)63-25-11-12-27-65(63)71/h2-42,44-47,49-50,52H,43,48,51,53H2,1H3. The molecule has 19 rings (SSSR count). The Kier molecular flexibility index (Phi) is 12.8. The monoisotopic (exact) mass is 1240 g/mol. The zero-order chi connectivity index (χ0) is 63.4. The molecule has 0 radical (unpaired) electrons. The number of allylic oxidation sites excluding steroid dienone is 1. The van der Waals surface area contributed by atoms with Crippen LogP contribution in [0.3, 0.4) is 0 Å². The van der Waals surface area contributed by atoms with Crippen LogP contribution in [0.2, 0.25) is 0 Å². The molecule has 15 aromatic rings. The van der Waals surface area contributed by atoms with Gasteiger partial charge in [0, 0.05) is 91.9 Å². The van der Waals surface area contributed by atoms with Crippen molar-refractivity contribution in [1.29, 1.82) is 0 Å². The van der Waals surface area contributed by atoms with Crippen LogP contribution < -0.4 is 24.5 Å². The van der Waals surface area contributed by atoms with Crippen molar-refractivity contribution in [3.05, 3.63) is 278 Å². The Morgan fingerprint density at radius 1 is 0.417 bits per heavy atom. The van der Waals surface area contributed by atoms with Gasteiger partial charge in [-0.3, -0.25) is 9.98 Å². The van der Waals surface area contributed by atoms with Crippen molar-refractivity contribution in [1.82, 2.24) is 0 Å². The van der Waals surface area contributed by atoms with Gasteiger partial charge in [0.05, 0.1) is 52.2 Å². The molecule has 0 fully saturated rings. The van der Waals surface area contributed by atoms with Crippen LogP contribution >= 0.6 is 0 Å². The largest absolute Gasteiger partial charge is 0.453 e. The predicted molar refractivity (Wildman–Crippen MR) is 401 cm³/mol. The van der Waals surface area contributed by atoms with Gasteiger partial charge in [0.1, 0.15) is 25.3 Å². The minimum atomic E-state index is 0.336. The van der Waals surface area contributed by atoms with Gasteiger partial charge in [-0.25, -0.2) is 9.98 Å². The highest BCUT2D eigenvalue weighted by atomic mass is 16.3. The molecule has 0 bridgehead atoms. The molecule has 0 aliphatic carbocycles. The summed E-state index contributed by atoms with van der Waals surface area (Å²) in [5, 5.41) is 9.87. The Hall–Kier alpha value is -12.6. The van der Waals surface area contributed by atoms with Crippen LogP contribution in [0.5, 0.6) is 0 Å². The van der Waals surface area contributed by atoms with E-state index in [1.165, 1.54) is 22.3 Å². The van der Waals surface area contributed by atoms with Crippen molar-refractivity contribution in [2.75, 3.05) is 44.4 Å². The highest BCUT2D eigenvalue weighted by molar-refractivity contribution is 6.41. The van der Waals surface area contributed by atoms with E-state index < -0.39 is 0 Å². The van der Waals surface area contributed by atoms with E-state index >= 15 is 0 Å². The van der Waals surface area contributed by atoms with E-state index in [9.17, 15) is 0 Å². The fourth-order valence-corrected chi connectivity index (χ4v) is 15.3. The Balaban J connectivity index is 1.03. The van der Waals surface area contributed by atoms with Crippen molar-refractivity contribution in [3.8, 4) is 44.5 Å².